The second-order valence-electron chi connectivity index (χ2n) is 2.82. The van der Waals surface area contributed by atoms with Crippen LogP contribution in [-0.2, 0) is 9.53 Å². The maximum Gasteiger partial charge on any atom is 0.316 e. The highest BCUT2D eigenvalue weighted by Crippen LogP contribution is 2.24. The highest BCUT2D eigenvalue weighted by molar-refractivity contribution is 8.00. The average Bonchev–Trinajstić information content (AvgIpc) is 2.27. The van der Waals surface area contributed by atoms with Crippen molar-refractivity contribution >= 4 is 17.7 Å². The van der Waals surface area contributed by atoms with Gasteiger partial charge >= 0.3 is 5.97 Å². The third kappa shape index (κ3) is 3.24. The highest BCUT2D eigenvalue weighted by atomic mass is 32.2. The lowest BCUT2D eigenvalue weighted by atomic mass is 10.2. The van der Waals surface area contributed by atoms with Crippen molar-refractivity contribution in [3.63, 3.8) is 0 Å². The number of ether oxygens (including phenoxy) is 1. The number of hydrogen-bond acceptors (Lipinski definition) is 4. The largest absolute Gasteiger partial charge is 0.465 e. The number of thioether (sulfide) groups is 1. The van der Waals surface area contributed by atoms with E-state index in [1.54, 1.807) is 19.1 Å². The summed E-state index contributed by atoms with van der Waals surface area (Å²) in [5.41, 5.74) is -0.0307. The molecular formula is C11H10FNO2S. The molecular weight excluding hydrogens is 229 g/mol. The summed E-state index contributed by atoms with van der Waals surface area (Å²) in [6.07, 6.45) is 0. The zero-order chi connectivity index (χ0) is 12.0. The van der Waals surface area contributed by atoms with Crippen LogP contribution < -0.4 is 0 Å². The van der Waals surface area contributed by atoms with Crippen LogP contribution in [0.2, 0.25) is 0 Å². The van der Waals surface area contributed by atoms with E-state index in [1.807, 2.05) is 0 Å². The molecule has 0 spiro atoms. The standard InChI is InChI=1S/C11H10FNO2S/c1-2-15-11(14)7-16-10-5-3-4-9(12)8(10)6-13/h3-5H,2,7H2,1H3. The number of hydrogen-bond donors (Lipinski definition) is 0. The van der Waals surface area contributed by atoms with E-state index >= 15 is 0 Å². The number of halogens is 1. The van der Waals surface area contributed by atoms with Gasteiger partial charge in [-0.3, -0.25) is 4.79 Å². The molecule has 0 saturated carbocycles. The molecule has 0 bridgehead atoms. The summed E-state index contributed by atoms with van der Waals surface area (Å²) in [6, 6.07) is 6.09. The minimum Gasteiger partial charge on any atom is -0.465 e. The first-order chi connectivity index (χ1) is 7.69. The van der Waals surface area contributed by atoms with Crippen LogP contribution in [0.3, 0.4) is 0 Å². The van der Waals surface area contributed by atoms with Crippen molar-refractivity contribution in [2.45, 2.75) is 11.8 Å². The first kappa shape index (κ1) is 12.5. The van der Waals surface area contributed by atoms with E-state index in [9.17, 15) is 9.18 Å². The van der Waals surface area contributed by atoms with Crippen LogP contribution in [0.25, 0.3) is 0 Å². The Kier molecular flexibility index (Phi) is 4.80. The fraction of sp³-hybridized carbons (Fsp3) is 0.273. The molecule has 0 aliphatic rings. The number of carbonyl (C=O) groups is 1. The van der Waals surface area contributed by atoms with E-state index in [-0.39, 0.29) is 17.3 Å². The normalized spacial score (nSPS) is 9.56. The molecule has 0 radical (unpaired) electrons. The average molecular weight is 239 g/mol. The zero-order valence-electron chi connectivity index (χ0n) is 8.70. The van der Waals surface area contributed by atoms with Crippen molar-refractivity contribution in [1.29, 1.82) is 5.26 Å². The summed E-state index contributed by atoms with van der Waals surface area (Å²) in [6.45, 7) is 2.03. The molecule has 0 aliphatic carbocycles. The van der Waals surface area contributed by atoms with Crippen LogP contribution >= 0.6 is 11.8 Å². The molecule has 0 saturated heterocycles. The Bertz CT molecular complexity index is 428. The number of benzene rings is 1. The first-order valence-corrected chi connectivity index (χ1v) is 5.64. The Hall–Kier alpha value is -1.54. The molecule has 1 aromatic carbocycles. The molecule has 84 valence electrons. The van der Waals surface area contributed by atoms with E-state index in [2.05, 4.69) is 0 Å². The summed E-state index contributed by atoms with van der Waals surface area (Å²) in [5.74, 6) is -0.872. The molecule has 0 N–H and O–H groups in total. The Labute approximate surface area is 97.2 Å². The summed E-state index contributed by atoms with van der Waals surface area (Å²) in [5, 5.41) is 8.75. The molecule has 16 heavy (non-hydrogen) atoms. The molecule has 1 rings (SSSR count). The molecule has 0 aromatic heterocycles. The Morgan fingerprint density at radius 1 is 1.62 bits per heavy atom. The summed E-state index contributed by atoms with van der Waals surface area (Å²) >= 11 is 1.10. The van der Waals surface area contributed by atoms with Crippen molar-refractivity contribution < 1.29 is 13.9 Å². The number of nitriles is 1. The molecule has 0 heterocycles. The topological polar surface area (TPSA) is 50.1 Å². The van der Waals surface area contributed by atoms with Crippen molar-refractivity contribution in [1.82, 2.24) is 0 Å². The van der Waals surface area contributed by atoms with E-state index in [1.165, 1.54) is 12.1 Å². The van der Waals surface area contributed by atoms with Crippen LogP contribution in [0.1, 0.15) is 12.5 Å². The van der Waals surface area contributed by atoms with Crippen LogP contribution in [-0.4, -0.2) is 18.3 Å². The lowest BCUT2D eigenvalue weighted by Gasteiger charge is -2.04. The fourth-order valence-corrected chi connectivity index (χ4v) is 1.89. The number of nitrogens with zero attached hydrogens (tertiary/aromatic N) is 1. The van der Waals surface area contributed by atoms with Gasteiger partial charge in [0.15, 0.2) is 0 Å². The summed E-state index contributed by atoms with van der Waals surface area (Å²) in [7, 11) is 0. The third-order valence-electron chi connectivity index (χ3n) is 1.74. The van der Waals surface area contributed by atoms with Crippen LogP contribution in [0, 0.1) is 17.1 Å². The van der Waals surface area contributed by atoms with Crippen molar-refractivity contribution in [3.05, 3.63) is 29.6 Å². The van der Waals surface area contributed by atoms with Gasteiger partial charge in [-0.1, -0.05) is 6.07 Å². The minimum atomic E-state index is -0.573. The minimum absolute atomic E-state index is 0.0307. The smallest absolute Gasteiger partial charge is 0.316 e. The molecule has 0 aliphatic heterocycles. The van der Waals surface area contributed by atoms with E-state index in [0.717, 1.165) is 11.8 Å². The predicted molar refractivity (Wildman–Crippen MR) is 58.5 cm³/mol. The van der Waals surface area contributed by atoms with Crippen molar-refractivity contribution in [2.24, 2.45) is 0 Å². The third-order valence-corrected chi connectivity index (χ3v) is 2.77. The maximum atomic E-state index is 13.2. The number of rotatable bonds is 4. The molecule has 1 aromatic rings. The van der Waals surface area contributed by atoms with E-state index < -0.39 is 5.82 Å². The van der Waals surface area contributed by atoms with E-state index in [4.69, 9.17) is 10.00 Å². The van der Waals surface area contributed by atoms with Gasteiger partial charge in [0.05, 0.1) is 12.4 Å². The van der Waals surface area contributed by atoms with Crippen LogP contribution in [0.15, 0.2) is 23.1 Å². The van der Waals surface area contributed by atoms with Gasteiger partial charge in [0.25, 0.3) is 0 Å². The second-order valence-corrected chi connectivity index (χ2v) is 3.84. The Balaban J connectivity index is 2.71. The predicted octanol–water partition coefficient (Wildman–Crippen LogP) is 2.35. The fourth-order valence-electron chi connectivity index (χ4n) is 1.07. The Morgan fingerprint density at radius 3 is 3.00 bits per heavy atom. The molecule has 0 unspecified atom stereocenters. The van der Waals surface area contributed by atoms with Crippen molar-refractivity contribution in [2.75, 3.05) is 12.4 Å². The molecule has 3 nitrogen and oxygen atoms in total. The molecule has 0 fully saturated rings. The van der Waals surface area contributed by atoms with Gasteiger partial charge in [0.2, 0.25) is 0 Å². The van der Waals surface area contributed by atoms with Gasteiger partial charge in [-0.25, -0.2) is 4.39 Å². The van der Waals surface area contributed by atoms with Crippen LogP contribution in [0.4, 0.5) is 4.39 Å². The van der Waals surface area contributed by atoms with Crippen molar-refractivity contribution in [3.8, 4) is 6.07 Å². The van der Waals surface area contributed by atoms with Gasteiger partial charge in [0, 0.05) is 4.90 Å². The van der Waals surface area contributed by atoms with Gasteiger partial charge in [0.1, 0.15) is 17.4 Å². The van der Waals surface area contributed by atoms with Gasteiger partial charge in [-0.2, -0.15) is 5.26 Å². The lowest BCUT2D eigenvalue weighted by Crippen LogP contribution is -2.06. The summed E-state index contributed by atoms with van der Waals surface area (Å²) < 4.78 is 17.9. The van der Waals surface area contributed by atoms with Gasteiger partial charge in [-0.05, 0) is 19.1 Å². The quantitative estimate of drug-likeness (QED) is 0.597. The Morgan fingerprint density at radius 2 is 2.38 bits per heavy atom. The van der Waals surface area contributed by atoms with Gasteiger partial charge < -0.3 is 4.74 Å². The lowest BCUT2D eigenvalue weighted by molar-refractivity contribution is -0.139. The number of esters is 1. The summed E-state index contributed by atoms with van der Waals surface area (Å²) in [4.78, 5) is 11.5. The zero-order valence-corrected chi connectivity index (χ0v) is 9.51. The SMILES string of the molecule is CCOC(=O)CSc1cccc(F)c1C#N. The van der Waals surface area contributed by atoms with Crippen LogP contribution in [0.5, 0.6) is 0 Å². The van der Waals surface area contributed by atoms with Gasteiger partial charge in [-0.15, -0.1) is 11.8 Å². The first-order valence-electron chi connectivity index (χ1n) is 4.66. The monoisotopic (exact) mass is 239 g/mol. The molecule has 0 amide bonds. The maximum absolute atomic E-state index is 13.2. The van der Waals surface area contributed by atoms with E-state index in [0.29, 0.717) is 11.5 Å². The molecule has 0 atom stereocenters. The second kappa shape index (κ2) is 6.13. The highest BCUT2D eigenvalue weighted by Gasteiger charge is 2.10. The molecule has 5 heteroatoms. The number of carbonyl (C=O) groups excluding carboxylic acids is 1.